The zero-order valence-electron chi connectivity index (χ0n) is 17.9. The van der Waals surface area contributed by atoms with Crippen LogP contribution in [0.5, 0.6) is 5.75 Å². The first kappa shape index (κ1) is 22.4. The fourth-order valence-electron chi connectivity index (χ4n) is 3.18. The van der Waals surface area contributed by atoms with Crippen LogP contribution in [0.4, 0.5) is 17.1 Å². The van der Waals surface area contributed by atoms with Gasteiger partial charge >= 0.3 is 0 Å². The summed E-state index contributed by atoms with van der Waals surface area (Å²) < 4.78 is 5.51. The lowest BCUT2D eigenvalue weighted by molar-refractivity contribution is 0.0824. The van der Waals surface area contributed by atoms with Crippen molar-refractivity contribution < 1.29 is 14.3 Å². The highest BCUT2D eigenvalue weighted by atomic mass is 35.5. The number of phenols is 1. The number of furan rings is 1. The number of phenolic OH excluding ortho intramolecular Hbond substituents is 1. The Labute approximate surface area is 184 Å². The maximum Gasteiger partial charge on any atom is 0.257 e. The van der Waals surface area contributed by atoms with Gasteiger partial charge in [0.1, 0.15) is 23.4 Å². The zero-order valence-corrected chi connectivity index (χ0v) is 18.6. The number of amides is 1. The molecule has 9 heteroatoms. The molecule has 31 heavy (non-hydrogen) atoms. The van der Waals surface area contributed by atoms with Crippen LogP contribution in [0.1, 0.15) is 42.9 Å². The second-order valence-electron chi connectivity index (χ2n) is 8.55. The Kier molecular flexibility index (Phi) is 5.87. The van der Waals surface area contributed by atoms with Gasteiger partial charge in [-0.3, -0.25) is 14.4 Å². The lowest BCUT2D eigenvalue weighted by Crippen LogP contribution is -2.39. The van der Waals surface area contributed by atoms with Crippen molar-refractivity contribution >= 4 is 34.6 Å². The summed E-state index contributed by atoms with van der Waals surface area (Å²) >= 11 is 5.98. The van der Waals surface area contributed by atoms with E-state index in [4.69, 9.17) is 16.0 Å². The molecular formula is C22H24ClN3O5. The molecule has 0 bridgehead atoms. The van der Waals surface area contributed by atoms with Crippen LogP contribution < -0.4 is 21.5 Å². The van der Waals surface area contributed by atoms with Crippen LogP contribution in [0, 0.1) is 5.41 Å². The average molecular weight is 446 g/mol. The van der Waals surface area contributed by atoms with Gasteiger partial charge in [0.05, 0.1) is 22.3 Å². The Bertz CT molecular complexity index is 1200. The molecule has 0 aliphatic heterocycles. The minimum atomic E-state index is -0.726. The number of carbonyl (C=O) groups excluding carboxylic acids is 1. The van der Waals surface area contributed by atoms with Crippen LogP contribution in [-0.2, 0) is 0 Å². The Hall–Kier alpha value is -3.26. The first-order valence-electron chi connectivity index (χ1n) is 9.56. The molecule has 3 rings (SSSR count). The molecule has 3 N–H and O–H groups in total. The van der Waals surface area contributed by atoms with Crippen molar-refractivity contribution in [1.29, 1.82) is 0 Å². The lowest BCUT2D eigenvalue weighted by Gasteiger charge is -2.31. The molecule has 1 aromatic heterocycles. The van der Waals surface area contributed by atoms with Crippen LogP contribution in [0.3, 0.4) is 0 Å². The molecule has 0 spiro atoms. The van der Waals surface area contributed by atoms with E-state index in [1.807, 2.05) is 20.8 Å². The number of para-hydroxylation sites is 1. The highest BCUT2D eigenvalue weighted by Gasteiger charge is 2.33. The summed E-state index contributed by atoms with van der Waals surface area (Å²) in [6, 6.07) is 5.74. The second-order valence-corrected chi connectivity index (χ2v) is 8.98. The molecule has 8 nitrogen and oxygen atoms in total. The van der Waals surface area contributed by atoms with Crippen LogP contribution in [0.2, 0.25) is 5.02 Å². The highest BCUT2D eigenvalue weighted by Crippen LogP contribution is 2.39. The minimum Gasteiger partial charge on any atom is -0.505 e. The van der Waals surface area contributed by atoms with E-state index in [-0.39, 0.29) is 28.4 Å². The third kappa shape index (κ3) is 4.29. The van der Waals surface area contributed by atoms with Gasteiger partial charge in [0.25, 0.3) is 16.8 Å². The first-order valence-corrected chi connectivity index (χ1v) is 9.94. The van der Waals surface area contributed by atoms with Crippen molar-refractivity contribution in [2.45, 2.75) is 26.8 Å². The molecule has 0 fully saturated rings. The van der Waals surface area contributed by atoms with Gasteiger partial charge in [0.2, 0.25) is 0 Å². The summed E-state index contributed by atoms with van der Waals surface area (Å²) in [5.74, 6) is -0.199. The van der Waals surface area contributed by atoms with E-state index in [9.17, 15) is 19.5 Å². The molecule has 0 radical (unpaired) electrons. The van der Waals surface area contributed by atoms with Crippen molar-refractivity contribution in [2.24, 2.45) is 5.41 Å². The summed E-state index contributed by atoms with van der Waals surface area (Å²) in [4.78, 5) is 38.2. The van der Waals surface area contributed by atoms with Gasteiger partial charge < -0.3 is 25.1 Å². The van der Waals surface area contributed by atoms with Crippen molar-refractivity contribution in [3.63, 3.8) is 0 Å². The number of anilines is 3. The topological polar surface area (TPSA) is 112 Å². The summed E-state index contributed by atoms with van der Waals surface area (Å²) in [7, 11) is 3.13. The van der Waals surface area contributed by atoms with Crippen molar-refractivity contribution in [3.8, 4) is 5.75 Å². The van der Waals surface area contributed by atoms with E-state index >= 15 is 0 Å². The molecule has 2 aromatic carbocycles. The number of nitrogens with zero attached hydrogens (tertiary/aromatic N) is 1. The van der Waals surface area contributed by atoms with Gasteiger partial charge in [-0.25, -0.2) is 0 Å². The number of halogens is 1. The maximum absolute atomic E-state index is 12.3. The monoisotopic (exact) mass is 445 g/mol. The minimum absolute atomic E-state index is 0.00153. The summed E-state index contributed by atoms with van der Waals surface area (Å²) in [5, 5.41) is 16.8. The summed E-state index contributed by atoms with van der Waals surface area (Å²) in [6.45, 7) is 5.84. The van der Waals surface area contributed by atoms with Gasteiger partial charge in [0.15, 0.2) is 5.75 Å². The lowest BCUT2D eigenvalue weighted by atomic mass is 9.84. The quantitative estimate of drug-likeness (QED) is 0.390. The molecule has 0 aliphatic rings. The van der Waals surface area contributed by atoms with Crippen LogP contribution in [-0.4, -0.2) is 30.0 Å². The number of rotatable bonds is 6. The predicted octanol–water partition coefficient (Wildman–Crippen LogP) is 3.88. The molecule has 0 saturated heterocycles. The fraction of sp³-hybridized carbons (Fsp3) is 0.318. The molecular weight excluding hydrogens is 422 g/mol. The number of hydrogen-bond acceptors (Lipinski definition) is 7. The van der Waals surface area contributed by atoms with Gasteiger partial charge in [-0.15, -0.1) is 0 Å². The molecule has 164 valence electrons. The number of hydrogen-bond donors (Lipinski definition) is 3. The van der Waals surface area contributed by atoms with Crippen molar-refractivity contribution in [1.82, 2.24) is 4.90 Å². The first-order chi connectivity index (χ1) is 14.4. The number of carbonyl (C=O) groups is 1. The molecule has 0 unspecified atom stereocenters. The smallest absolute Gasteiger partial charge is 0.257 e. The molecule has 1 amide bonds. The number of benzene rings is 1. The fourth-order valence-corrected chi connectivity index (χ4v) is 3.33. The van der Waals surface area contributed by atoms with E-state index in [0.29, 0.717) is 10.8 Å². The summed E-state index contributed by atoms with van der Waals surface area (Å²) in [6.07, 6.45) is 1.39. The van der Waals surface area contributed by atoms with E-state index in [2.05, 4.69) is 10.6 Å². The largest absolute Gasteiger partial charge is 0.505 e. The van der Waals surface area contributed by atoms with E-state index < -0.39 is 28.2 Å². The third-order valence-electron chi connectivity index (χ3n) is 4.87. The third-order valence-corrected chi connectivity index (χ3v) is 5.07. The normalized spacial score (nSPS) is 12.6. The van der Waals surface area contributed by atoms with Crippen LogP contribution in [0.15, 0.2) is 44.5 Å². The average Bonchev–Trinajstić information content (AvgIpc) is 3.12. The van der Waals surface area contributed by atoms with Crippen LogP contribution in [0.25, 0.3) is 0 Å². The zero-order chi connectivity index (χ0) is 23.1. The number of nitrogens with one attached hydrogen (secondary N) is 2. The Morgan fingerprint density at radius 2 is 1.81 bits per heavy atom. The van der Waals surface area contributed by atoms with Gasteiger partial charge in [0, 0.05) is 20.2 Å². The summed E-state index contributed by atoms with van der Waals surface area (Å²) in [5.41, 5.74) is -1.52. The molecule has 3 aromatic rings. The van der Waals surface area contributed by atoms with E-state index in [1.54, 1.807) is 26.2 Å². The molecule has 1 heterocycles. The van der Waals surface area contributed by atoms with E-state index in [0.717, 1.165) is 0 Å². The molecule has 0 aliphatic carbocycles. The van der Waals surface area contributed by atoms with Crippen molar-refractivity contribution in [2.75, 3.05) is 24.7 Å². The number of aromatic hydroxyl groups is 1. The molecule has 1 atom stereocenters. The van der Waals surface area contributed by atoms with Crippen molar-refractivity contribution in [3.05, 3.63) is 67.3 Å². The van der Waals surface area contributed by atoms with Gasteiger partial charge in [-0.1, -0.05) is 38.4 Å². The van der Waals surface area contributed by atoms with E-state index in [1.165, 1.54) is 23.3 Å². The molecule has 0 saturated carbocycles. The van der Waals surface area contributed by atoms with Gasteiger partial charge in [-0.2, -0.15) is 0 Å². The Morgan fingerprint density at radius 3 is 2.35 bits per heavy atom. The standard InChI is InChI=1S/C22H24ClN3O5/c1-22(2,3)20(14-9-11(23)10-31-14)25-16-15(18(28)19(16)29)24-13-8-6-7-12(17(13)27)21(30)26(4)5/h6-10,20,24-25,27H,1-5H3/t20-/m0/s1. The van der Waals surface area contributed by atoms with Gasteiger partial charge in [-0.05, 0) is 17.5 Å². The Morgan fingerprint density at radius 1 is 1.16 bits per heavy atom. The highest BCUT2D eigenvalue weighted by molar-refractivity contribution is 6.30. The predicted molar refractivity (Wildman–Crippen MR) is 120 cm³/mol. The van der Waals surface area contributed by atoms with Crippen LogP contribution >= 0.6 is 11.6 Å². The SMILES string of the molecule is CN(C)C(=O)c1cccc(Nc2c(N[C@@H](c3cc(Cl)co3)C(C)(C)C)c(=O)c2=O)c1O. The Balaban J connectivity index is 1.96. The maximum atomic E-state index is 12.3. The second kappa shape index (κ2) is 8.11.